The highest BCUT2D eigenvalue weighted by molar-refractivity contribution is 5.79. The van der Waals surface area contributed by atoms with E-state index in [0.29, 0.717) is 6.54 Å². The van der Waals surface area contributed by atoms with E-state index < -0.39 is 0 Å². The van der Waals surface area contributed by atoms with Crippen molar-refractivity contribution in [2.75, 3.05) is 20.1 Å². The molecule has 128 valence electrons. The summed E-state index contributed by atoms with van der Waals surface area (Å²) >= 11 is 0. The zero-order valence-corrected chi connectivity index (χ0v) is 14.0. The monoisotopic (exact) mass is 329 g/mol. The minimum Gasteiger partial charge on any atom is -0.356 e. The molecule has 2 aromatic rings. The van der Waals surface area contributed by atoms with Gasteiger partial charge >= 0.3 is 0 Å². The molecule has 1 heterocycles. The first-order valence-electron chi connectivity index (χ1n) is 8.40. The number of hydrogen-bond donors (Lipinski definition) is 2. The predicted octanol–water partition coefficient (Wildman–Crippen LogP) is 2.31. The SMILES string of the molecule is CN=C(NCCCn1cccn1)NCC1(c2ccccc2F)CC1. The molecule has 2 N–H and O–H groups in total. The van der Waals surface area contributed by atoms with Crippen molar-refractivity contribution in [1.82, 2.24) is 20.4 Å². The summed E-state index contributed by atoms with van der Waals surface area (Å²) < 4.78 is 15.9. The van der Waals surface area contributed by atoms with Crippen LogP contribution in [-0.4, -0.2) is 35.9 Å². The molecule has 1 fully saturated rings. The maximum atomic E-state index is 14.0. The number of nitrogens with zero attached hydrogens (tertiary/aromatic N) is 3. The Morgan fingerprint density at radius 2 is 2.12 bits per heavy atom. The number of aromatic nitrogens is 2. The average molecular weight is 329 g/mol. The fraction of sp³-hybridized carbons (Fsp3) is 0.444. The number of aryl methyl sites for hydroxylation is 1. The van der Waals surface area contributed by atoms with Crippen molar-refractivity contribution >= 4 is 5.96 Å². The fourth-order valence-electron chi connectivity index (χ4n) is 2.94. The Hall–Kier alpha value is -2.37. The molecule has 1 aromatic carbocycles. The van der Waals surface area contributed by atoms with Gasteiger partial charge in [-0.1, -0.05) is 18.2 Å². The first-order valence-corrected chi connectivity index (χ1v) is 8.40. The van der Waals surface area contributed by atoms with Crippen molar-refractivity contribution < 1.29 is 4.39 Å². The zero-order valence-electron chi connectivity index (χ0n) is 14.0. The molecule has 1 aromatic heterocycles. The van der Waals surface area contributed by atoms with Crippen molar-refractivity contribution in [2.24, 2.45) is 4.99 Å². The summed E-state index contributed by atoms with van der Waals surface area (Å²) in [4.78, 5) is 4.25. The summed E-state index contributed by atoms with van der Waals surface area (Å²) in [6.07, 6.45) is 6.72. The largest absolute Gasteiger partial charge is 0.356 e. The summed E-state index contributed by atoms with van der Waals surface area (Å²) in [7, 11) is 1.76. The predicted molar refractivity (Wildman–Crippen MR) is 93.5 cm³/mol. The van der Waals surface area contributed by atoms with Crippen LogP contribution in [-0.2, 0) is 12.0 Å². The van der Waals surface area contributed by atoms with E-state index >= 15 is 0 Å². The standard InChI is InChI=1S/C18H24FN5/c1-20-17(21-10-4-12-24-13-5-11-23-24)22-14-18(8-9-18)15-6-2-3-7-16(15)19/h2-3,5-7,11,13H,4,8-10,12,14H2,1H3,(H2,20,21,22). The van der Waals surface area contributed by atoms with E-state index in [1.807, 2.05) is 29.1 Å². The first kappa shape index (κ1) is 16.5. The van der Waals surface area contributed by atoms with Crippen LogP contribution in [0.15, 0.2) is 47.7 Å². The van der Waals surface area contributed by atoms with E-state index in [0.717, 1.165) is 43.9 Å². The maximum absolute atomic E-state index is 14.0. The van der Waals surface area contributed by atoms with E-state index in [9.17, 15) is 4.39 Å². The minimum atomic E-state index is -0.112. The third-order valence-electron chi connectivity index (χ3n) is 4.53. The third kappa shape index (κ3) is 3.93. The van der Waals surface area contributed by atoms with Gasteiger partial charge < -0.3 is 10.6 Å². The number of halogens is 1. The molecule has 0 amide bonds. The van der Waals surface area contributed by atoms with Gasteiger partial charge in [0.1, 0.15) is 5.82 Å². The third-order valence-corrected chi connectivity index (χ3v) is 4.53. The molecular weight excluding hydrogens is 305 g/mol. The Labute approximate surface area is 142 Å². The average Bonchev–Trinajstić information content (AvgIpc) is 3.20. The number of hydrogen-bond acceptors (Lipinski definition) is 2. The molecule has 0 radical (unpaired) electrons. The van der Waals surface area contributed by atoms with Gasteiger partial charge in [-0.25, -0.2) is 4.39 Å². The van der Waals surface area contributed by atoms with Crippen LogP contribution < -0.4 is 10.6 Å². The van der Waals surface area contributed by atoms with Gasteiger partial charge in [0.25, 0.3) is 0 Å². The van der Waals surface area contributed by atoms with Crippen LogP contribution in [0.1, 0.15) is 24.8 Å². The Bertz CT molecular complexity index is 676. The molecule has 3 rings (SSSR count). The molecule has 6 heteroatoms. The minimum absolute atomic E-state index is 0.0853. The second-order valence-corrected chi connectivity index (χ2v) is 6.24. The van der Waals surface area contributed by atoms with Crippen LogP contribution in [0.2, 0.25) is 0 Å². The Kier molecular flexibility index (Phi) is 5.13. The molecular formula is C18H24FN5. The number of nitrogens with one attached hydrogen (secondary N) is 2. The van der Waals surface area contributed by atoms with Gasteiger partial charge in [-0.15, -0.1) is 0 Å². The van der Waals surface area contributed by atoms with Crippen LogP contribution in [0.3, 0.4) is 0 Å². The number of rotatable bonds is 7. The highest BCUT2D eigenvalue weighted by Gasteiger charge is 2.45. The number of benzene rings is 1. The second-order valence-electron chi connectivity index (χ2n) is 6.24. The Morgan fingerprint density at radius 1 is 1.29 bits per heavy atom. The van der Waals surface area contributed by atoms with Gasteiger partial charge in [0.15, 0.2) is 5.96 Å². The Balaban J connectivity index is 1.45. The highest BCUT2D eigenvalue weighted by atomic mass is 19.1. The van der Waals surface area contributed by atoms with Crippen LogP contribution in [0.4, 0.5) is 4.39 Å². The summed E-state index contributed by atoms with van der Waals surface area (Å²) in [5.74, 6) is 0.650. The molecule has 0 bridgehead atoms. The Morgan fingerprint density at radius 3 is 2.79 bits per heavy atom. The van der Waals surface area contributed by atoms with Crippen LogP contribution >= 0.6 is 0 Å². The highest BCUT2D eigenvalue weighted by Crippen LogP contribution is 2.48. The van der Waals surface area contributed by atoms with Gasteiger partial charge in [0, 0.05) is 44.5 Å². The topological polar surface area (TPSA) is 54.2 Å². The lowest BCUT2D eigenvalue weighted by molar-refractivity contribution is 0.553. The van der Waals surface area contributed by atoms with Crippen molar-refractivity contribution in [1.29, 1.82) is 0 Å². The first-order chi connectivity index (χ1) is 11.7. The molecule has 1 saturated carbocycles. The molecule has 0 spiro atoms. The molecule has 24 heavy (non-hydrogen) atoms. The summed E-state index contributed by atoms with van der Waals surface area (Å²) in [6, 6.07) is 9.00. The molecule has 1 aliphatic carbocycles. The van der Waals surface area contributed by atoms with E-state index in [2.05, 4.69) is 20.7 Å². The maximum Gasteiger partial charge on any atom is 0.191 e. The summed E-state index contributed by atoms with van der Waals surface area (Å²) in [5, 5.41) is 10.8. The lowest BCUT2D eigenvalue weighted by atomic mass is 9.95. The number of aliphatic imine (C=N–C) groups is 1. The molecule has 0 unspecified atom stereocenters. The summed E-state index contributed by atoms with van der Waals surface area (Å²) in [6.45, 7) is 2.38. The molecule has 0 atom stereocenters. The molecule has 5 nitrogen and oxygen atoms in total. The van der Waals surface area contributed by atoms with E-state index in [1.54, 1.807) is 19.3 Å². The van der Waals surface area contributed by atoms with Gasteiger partial charge in [0.2, 0.25) is 0 Å². The van der Waals surface area contributed by atoms with E-state index in [4.69, 9.17) is 0 Å². The second kappa shape index (κ2) is 7.47. The van der Waals surface area contributed by atoms with Crippen LogP contribution in [0.25, 0.3) is 0 Å². The normalized spacial score (nSPS) is 16.0. The molecule has 0 saturated heterocycles. The lowest BCUT2D eigenvalue weighted by Gasteiger charge is -2.19. The van der Waals surface area contributed by atoms with Crippen LogP contribution in [0.5, 0.6) is 0 Å². The molecule has 0 aliphatic heterocycles. The van der Waals surface area contributed by atoms with Gasteiger partial charge in [-0.2, -0.15) is 5.10 Å². The smallest absolute Gasteiger partial charge is 0.191 e. The number of guanidine groups is 1. The van der Waals surface area contributed by atoms with Gasteiger partial charge in [-0.3, -0.25) is 9.67 Å². The van der Waals surface area contributed by atoms with Gasteiger partial charge in [-0.05, 0) is 37.0 Å². The summed E-state index contributed by atoms with van der Waals surface area (Å²) in [5.41, 5.74) is 0.726. The van der Waals surface area contributed by atoms with Crippen molar-refractivity contribution in [2.45, 2.75) is 31.2 Å². The van der Waals surface area contributed by atoms with E-state index in [1.165, 1.54) is 6.07 Å². The lowest BCUT2D eigenvalue weighted by Crippen LogP contribution is -2.41. The fourth-order valence-corrected chi connectivity index (χ4v) is 2.94. The quantitative estimate of drug-likeness (QED) is 0.466. The zero-order chi connectivity index (χ0) is 16.8. The van der Waals surface area contributed by atoms with Crippen molar-refractivity contribution in [3.63, 3.8) is 0 Å². The van der Waals surface area contributed by atoms with Crippen molar-refractivity contribution in [3.8, 4) is 0 Å². The van der Waals surface area contributed by atoms with Crippen LogP contribution in [0, 0.1) is 5.82 Å². The van der Waals surface area contributed by atoms with Crippen molar-refractivity contribution in [3.05, 3.63) is 54.1 Å². The van der Waals surface area contributed by atoms with E-state index in [-0.39, 0.29) is 11.2 Å². The van der Waals surface area contributed by atoms with Gasteiger partial charge in [0.05, 0.1) is 0 Å². The molecule has 1 aliphatic rings.